The molecule has 0 amide bonds. The van der Waals surface area contributed by atoms with Crippen LogP contribution in [0.2, 0.25) is 0 Å². The SMILES string of the molecule is COc1cc2c(cc1Nc1ncnc3sc4c(c13)CCC(CCC(=O)C(C)C)C4)C=NC2.COc1cc2c(cc1Nc1ncnc3sc4c(c13)CCC(CN)C4)C=NC2. The molecule has 0 spiro atoms. The molecule has 6 heterocycles. The number of benzene rings is 2. The van der Waals surface area contributed by atoms with Crippen LogP contribution in [0.1, 0.15) is 82.7 Å². The maximum Gasteiger partial charge on any atom is 0.142 e. The molecule has 2 atom stereocenters. The Morgan fingerprint density at radius 1 is 0.763 bits per heavy atom. The second-order valence-corrected chi connectivity index (χ2v) is 18.3. The van der Waals surface area contributed by atoms with Gasteiger partial charge in [0, 0.05) is 34.5 Å². The Morgan fingerprint density at radius 3 is 1.76 bits per heavy atom. The van der Waals surface area contributed by atoms with Crippen molar-refractivity contribution in [1.29, 1.82) is 0 Å². The summed E-state index contributed by atoms with van der Waals surface area (Å²) in [6.45, 7) is 6.14. The van der Waals surface area contributed by atoms with Crippen LogP contribution in [-0.4, -0.2) is 58.9 Å². The quantitative estimate of drug-likeness (QED) is 0.115. The van der Waals surface area contributed by atoms with Crippen molar-refractivity contribution in [3.05, 3.63) is 80.1 Å². The number of carbonyl (C=O) groups is 1. The van der Waals surface area contributed by atoms with Gasteiger partial charge in [-0.1, -0.05) is 13.8 Å². The highest BCUT2D eigenvalue weighted by Gasteiger charge is 2.28. The molecule has 6 aromatic rings. The third-order valence-corrected chi connectivity index (χ3v) is 14.4. The van der Waals surface area contributed by atoms with Gasteiger partial charge in [-0.3, -0.25) is 14.8 Å². The van der Waals surface area contributed by atoms with E-state index in [1.165, 1.54) is 32.0 Å². The highest BCUT2D eigenvalue weighted by atomic mass is 32.1. The molecule has 2 unspecified atom stereocenters. The van der Waals surface area contributed by atoms with E-state index in [0.717, 1.165) is 118 Å². The highest BCUT2D eigenvalue weighted by Crippen LogP contribution is 2.44. The minimum Gasteiger partial charge on any atom is -0.495 e. The number of thiophene rings is 2. The van der Waals surface area contributed by atoms with Crippen LogP contribution in [0.3, 0.4) is 0 Å². The molecule has 2 aliphatic carbocycles. The number of fused-ring (bicyclic) bond motifs is 8. The molecule has 4 aromatic heterocycles. The van der Waals surface area contributed by atoms with Gasteiger partial charge in [0.2, 0.25) is 0 Å². The summed E-state index contributed by atoms with van der Waals surface area (Å²) >= 11 is 3.54. The Hall–Kier alpha value is -5.31. The van der Waals surface area contributed by atoms with Gasteiger partial charge in [0.05, 0.1) is 49.5 Å². The van der Waals surface area contributed by atoms with E-state index in [4.69, 9.17) is 15.2 Å². The molecule has 0 radical (unpaired) electrons. The molecule has 12 nitrogen and oxygen atoms in total. The summed E-state index contributed by atoms with van der Waals surface area (Å²) in [6.07, 6.45) is 15.1. The number of aliphatic imine (C=N–C) groups is 2. The minimum absolute atomic E-state index is 0.130. The summed E-state index contributed by atoms with van der Waals surface area (Å²) in [4.78, 5) is 43.9. The normalized spacial score (nSPS) is 17.3. The summed E-state index contributed by atoms with van der Waals surface area (Å²) in [6, 6.07) is 8.27. The van der Waals surface area contributed by atoms with Crippen molar-refractivity contribution in [2.45, 2.75) is 78.3 Å². The zero-order valence-corrected chi connectivity index (χ0v) is 35.6. The van der Waals surface area contributed by atoms with Crippen molar-refractivity contribution in [1.82, 2.24) is 19.9 Å². The van der Waals surface area contributed by atoms with Crippen molar-refractivity contribution in [3.63, 3.8) is 0 Å². The van der Waals surface area contributed by atoms with Gasteiger partial charge >= 0.3 is 0 Å². The van der Waals surface area contributed by atoms with E-state index < -0.39 is 0 Å². The van der Waals surface area contributed by atoms with Crippen LogP contribution in [-0.2, 0) is 43.6 Å². The third kappa shape index (κ3) is 7.81. The summed E-state index contributed by atoms with van der Waals surface area (Å²) in [5.74, 6) is 4.91. The fourth-order valence-corrected chi connectivity index (χ4v) is 11.3. The maximum absolute atomic E-state index is 12.1. The zero-order valence-electron chi connectivity index (χ0n) is 33.9. The van der Waals surface area contributed by atoms with Crippen molar-refractivity contribution >= 4 is 84.3 Å². The zero-order chi connectivity index (χ0) is 40.6. The number of anilines is 4. The molecule has 0 bridgehead atoms. The molecular weight excluding hydrogens is 779 g/mol. The number of ketones is 1. The van der Waals surface area contributed by atoms with Crippen LogP contribution in [0.5, 0.6) is 11.5 Å². The number of nitrogens with zero attached hydrogens (tertiary/aromatic N) is 6. The number of rotatable bonds is 11. The lowest BCUT2D eigenvalue weighted by Gasteiger charge is -2.22. The Balaban J connectivity index is 0.000000154. The molecule has 0 saturated heterocycles. The molecule has 2 aromatic carbocycles. The molecule has 0 fully saturated rings. The number of carbonyl (C=O) groups excluding carboxylic acids is 1. The van der Waals surface area contributed by atoms with Crippen molar-refractivity contribution in [2.75, 3.05) is 31.4 Å². The van der Waals surface area contributed by atoms with Crippen molar-refractivity contribution in [2.24, 2.45) is 33.5 Å². The van der Waals surface area contributed by atoms with E-state index in [-0.39, 0.29) is 5.92 Å². The molecule has 4 aliphatic rings. The van der Waals surface area contributed by atoms with Gasteiger partial charge in [0.15, 0.2) is 0 Å². The molecule has 304 valence electrons. The van der Waals surface area contributed by atoms with Crippen LogP contribution in [0.25, 0.3) is 20.4 Å². The largest absolute Gasteiger partial charge is 0.495 e. The van der Waals surface area contributed by atoms with Gasteiger partial charge in [-0.2, -0.15) is 0 Å². The summed E-state index contributed by atoms with van der Waals surface area (Å²) in [5.41, 5.74) is 15.0. The van der Waals surface area contributed by atoms with Crippen LogP contribution < -0.4 is 25.8 Å². The first-order valence-electron chi connectivity index (χ1n) is 20.5. The lowest BCUT2D eigenvalue weighted by Crippen LogP contribution is -2.21. The summed E-state index contributed by atoms with van der Waals surface area (Å²) < 4.78 is 11.2. The number of Topliss-reactive ketones (excluding diaryl/α,β-unsaturated/α-hetero) is 1. The Morgan fingerprint density at radius 2 is 1.27 bits per heavy atom. The van der Waals surface area contributed by atoms with Gasteiger partial charge in [0.25, 0.3) is 0 Å². The van der Waals surface area contributed by atoms with E-state index in [0.29, 0.717) is 37.1 Å². The lowest BCUT2D eigenvalue weighted by molar-refractivity contribution is -0.122. The molecule has 4 N–H and O–H groups in total. The predicted octanol–water partition coefficient (Wildman–Crippen LogP) is 8.93. The number of methoxy groups -OCH3 is 2. The molecule has 0 saturated carbocycles. The van der Waals surface area contributed by atoms with Gasteiger partial charge in [0.1, 0.15) is 51.2 Å². The molecule has 14 heteroatoms. The second-order valence-electron chi connectivity index (χ2n) is 16.1. The van der Waals surface area contributed by atoms with E-state index in [9.17, 15) is 4.79 Å². The Kier molecular flexibility index (Phi) is 11.1. The first-order valence-corrected chi connectivity index (χ1v) is 22.1. The number of hydrogen-bond donors (Lipinski definition) is 3. The average Bonchev–Trinajstić information content (AvgIpc) is 4.06. The lowest BCUT2D eigenvalue weighted by atomic mass is 9.84. The molecule has 59 heavy (non-hydrogen) atoms. The monoisotopic (exact) mass is 827 g/mol. The van der Waals surface area contributed by atoms with Crippen molar-refractivity contribution < 1.29 is 14.3 Å². The molecular formula is C45H49N9O3S2. The van der Waals surface area contributed by atoms with Crippen LogP contribution in [0.4, 0.5) is 23.0 Å². The highest BCUT2D eigenvalue weighted by molar-refractivity contribution is 7.19. The fraction of sp³-hybridized carbons (Fsp3) is 0.400. The number of nitrogens with one attached hydrogen (secondary N) is 2. The van der Waals surface area contributed by atoms with Crippen molar-refractivity contribution in [3.8, 4) is 11.5 Å². The Labute approximate surface area is 351 Å². The van der Waals surface area contributed by atoms with Crippen LogP contribution in [0, 0.1) is 17.8 Å². The van der Waals surface area contributed by atoms with Gasteiger partial charge in [-0.05, 0) is 121 Å². The van der Waals surface area contributed by atoms with E-state index >= 15 is 0 Å². The van der Waals surface area contributed by atoms with Gasteiger partial charge < -0.3 is 25.8 Å². The van der Waals surface area contributed by atoms with Gasteiger partial charge in [-0.25, -0.2) is 19.9 Å². The first kappa shape index (κ1) is 39.2. The van der Waals surface area contributed by atoms with E-state index in [1.54, 1.807) is 49.5 Å². The smallest absolute Gasteiger partial charge is 0.142 e. The topological polar surface area (TPSA) is 162 Å². The summed E-state index contributed by atoms with van der Waals surface area (Å²) in [7, 11) is 3.38. The Bertz CT molecular complexity index is 2630. The third-order valence-electron chi connectivity index (χ3n) is 12.1. The van der Waals surface area contributed by atoms with Crippen LogP contribution in [0.15, 0.2) is 46.9 Å². The van der Waals surface area contributed by atoms with E-state index in [1.807, 2.05) is 26.3 Å². The molecule has 2 aliphatic heterocycles. The number of nitrogens with two attached hydrogens (primary N) is 1. The van der Waals surface area contributed by atoms with Gasteiger partial charge in [-0.15, -0.1) is 22.7 Å². The fourth-order valence-electron chi connectivity index (χ4n) is 8.69. The minimum atomic E-state index is 0.130. The predicted molar refractivity (Wildman–Crippen MR) is 239 cm³/mol. The van der Waals surface area contributed by atoms with Crippen LogP contribution >= 0.6 is 22.7 Å². The standard InChI is InChI=1S/C25H28N4O2S.C20H21N5OS/c1-14(2)20(30)7-5-15-4-6-18-22(8-15)32-25-23(18)24(27-13-28-25)29-19-9-16-11-26-12-17(16)10-21(19)31-3;1-26-16-6-13-9-22-8-12(13)5-15(16)25-19-18-14-3-2-11(7-21)4-17(14)27-20(18)24-10-23-19/h9-11,13-15H,4-8,12H2,1-3H3,(H,27,28,29);5-6,8,10-11H,2-4,7,9,21H2,1H3,(H,23,24,25). The number of hydrogen-bond acceptors (Lipinski definition) is 14. The first-order chi connectivity index (χ1) is 28.8. The van der Waals surface area contributed by atoms with E-state index in [2.05, 4.69) is 64.8 Å². The second kappa shape index (κ2) is 16.7. The summed E-state index contributed by atoms with van der Waals surface area (Å²) in [5, 5.41) is 9.29. The number of ether oxygens (including phenoxy) is 2. The number of aryl methyl sites for hydroxylation is 2. The molecule has 10 rings (SSSR count). The number of aromatic nitrogens is 4. The average molecular weight is 828 g/mol. The maximum atomic E-state index is 12.1.